The number of halogens is 3. The number of nitrogens with zero attached hydrogens (tertiary/aromatic N) is 1. The smallest absolute Gasteiger partial charge is 0.196 e. The van der Waals surface area contributed by atoms with E-state index in [1.165, 1.54) is 18.2 Å². The summed E-state index contributed by atoms with van der Waals surface area (Å²) in [6, 6.07) is 5.47. The first-order chi connectivity index (χ1) is 9.10. The van der Waals surface area contributed by atoms with Gasteiger partial charge in [-0.15, -0.1) is 0 Å². The molecule has 19 heavy (non-hydrogen) atoms. The van der Waals surface area contributed by atoms with Crippen molar-refractivity contribution in [1.29, 1.82) is 5.26 Å². The van der Waals surface area contributed by atoms with E-state index in [4.69, 9.17) is 5.26 Å². The summed E-state index contributed by atoms with van der Waals surface area (Å²) >= 11 is 0. The molecule has 1 aromatic rings. The molecule has 0 amide bonds. The molecule has 4 heteroatoms. The zero-order chi connectivity index (χ0) is 13.8. The second kappa shape index (κ2) is 5.92. The Kier molecular flexibility index (Phi) is 4.26. The van der Waals surface area contributed by atoms with Crippen molar-refractivity contribution in [2.24, 2.45) is 5.92 Å². The summed E-state index contributed by atoms with van der Waals surface area (Å²) in [5.41, 5.74) is 0.794. The van der Waals surface area contributed by atoms with E-state index < -0.39 is 17.5 Å². The highest BCUT2D eigenvalue weighted by molar-refractivity contribution is 5.23. The Morgan fingerprint density at radius 2 is 1.84 bits per heavy atom. The molecule has 1 aliphatic carbocycles. The van der Waals surface area contributed by atoms with Gasteiger partial charge in [-0.05, 0) is 61.3 Å². The van der Waals surface area contributed by atoms with Gasteiger partial charge in [-0.3, -0.25) is 0 Å². The molecule has 1 saturated carbocycles. The summed E-state index contributed by atoms with van der Waals surface area (Å²) < 4.78 is 38.9. The lowest BCUT2D eigenvalue weighted by molar-refractivity contribution is 0.370. The van der Waals surface area contributed by atoms with Crippen LogP contribution in [0.25, 0.3) is 0 Å². The van der Waals surface area contributed by atoms with Crippen molar-refractivity contribution in [3.05, 3.63) is 47.3 Å². The first-order valence-corrected chi connectivity index (χ1v) is 6.32. The quantitative estimate of drug-likeness (QED) is 0.716. The minimum absolute atomic E-state index is 0.0706. The summed E-state index contributed by atoms with van der Waals surface area (Å²) in [6.07, 6.45) is 4.48. The zero-order valence-electron chi connectivity index (χ0n) is 10.4. The maximum atomic E-state index is 13.2. The minimum atomic E-state index is -0.837. The summed E-state index contributed by atoms with van der Waals surface area (Å²) in [4.78, 5) is 0. The van der Waals surface area contributed by atoms with E-state index in [1.54, 1.807) is 6.07 Å². The monoisotopic (exact) mass is 265 g/mol. The average molecular weight is 265 g/mol. The Labute approximate surface area is 110 Å². The Balaban J connectivity index is 2.00. The highest BCUT2D eigenvalue weighted by atomic mass is 19.2. The maximum Gasteiger partial charge on any atom is 0.196 e. The summed E-state index contributed by atoms with van der Waals surface area (Å²) in [7, 11) is 0. The van der Waals surface area contributed by atoms with Gasteiger partial charge in [0, 0.05) is 0 Å². The van der Waals surface area contributed by atoms with Gasteiger partial charge in [0.05, 0.1) is 0 Å². The molecule has 0 spiro atoms. The van der Waals surface area contributed by atoms with Crippen LogP contribution in [0.5, 0.6) is 0 Å². The van der Waals surface area contributed by atoms with E-state index in [0.29, 0.717) is 0 Å². The SMILES string of the molecule is N#C/C(F)=C/C1CCC(c2ccc(F)c(F)c2)CC1. The van der Waals surface area contributed by atoms with Crippen LogP contribution in [0.2, 0.25) is 0 Å². The molecule has 1 aromatic carbocycles. The Bertz CT molecular complexity index is 523. The third-order valence-corrected chi connectivity index (χ3v) is 3.68. The summed E-state index contributed by atoms with van der Waals surface area (Å²) in [6.45, 7) is 0. The van der Waals surface area contributed by atoms with Crippen molar-refractivity contribution in [3.8, 4) is 6.07 Å². The van der Waals surface area contributed by atoms with E-state index in [-0.39, 0.29) is 11.8 Å². The molecule has 1 fully saturated rings. The zero-order valence-corrected chi connectivity index (χ0v) is 10.4. The molecule has 0 N–H and O–H groups in total. The van der Waals surface area contributed by atoms with Crippen LogP contribution in [0, 0.1) is 28.9 Å². The van der Waals surface area contributed by atoms with Crippen LogP contribution >= 0.6 is 0 Å². The standard InChI is InChI=1S/C15H14F3N/c16-13(9-19)7-10-1-3-11(4-2-10)12-5-6-14(17)15(18)8-12/h5-8,10-11H,1-4H2/b13-7-. The van der Waals surface area contributed by atoms with E-state index in [2.05, 4.69) is 0 Å². The van der Waals surface area contributed by atoms with Gasteiger partial charge in [-0.2, -0.15) is 9.65 Å². The van der Waals surface area contributed by atoms with Crippen LogP contribution in [-0.2, 0) is 0 Å². The van der Waals surface area contributed by atoms with Crippen LogP contribution in [0.4, 0.5) is 13.2 Å². The van der Waals surface area contributed by atoms with Crippen molar-refractivity contribution in [2.45, 2.75) is 31.6 Å². The molecular formula is C15H14F3N. The van der Waals surface area contributed by atoms with Crippen LogP contribution in [0.1, 0.15) is 37.2 Å². The predicted molar refractivity (Wildman–Crippen MR) is 65.9 cm³/mol. The van der Waals surface area contributed by atoms with Gasteiger partial charge in [0.25, 0.3) is 0 Å². The number of rotatable bonds is 2. The fourth-order valence-electron chi connectivity index (χ4n) is 2.63. The molecule has 0 bridgehead atoms. The minimum Gasteiger partial charge on any atom is -0.204 e. The molecule has 0 unspecified atom stereocenters. The maximum absolute atomic E-state index is 13.2. The molecule has 0 aromatic heterocycles. The third-order valence-electron chi connectivity index (χ3n) is 3.68. The Hall–Kier alpha value is -1.76. The summed E-state index contributed by atoms with van der Waals surface area (Å²) in [5, 5.41) is 8.38. The van der Waals surface area contributed by atoms with Crippen molar-refractivity contribution < 1.29 is 13.2 Å². The lowest BCUT2D eigenvalue weighted by Gasteiger charge is -2.27. The van der Waals surface area contributed by atoms with Gasteiger partial charge >= 0.3 is 0 Å². The second-order valence-electron chi connectivity index (χ2n) is 4.91. The molecule has 2 rings (SSSR count). The van der Waals surface area contributed by atoms with Crippen LogP contribution in [-0.4, -0.2) is 0 Å². The van der Waals surface area contributed by atoms with E-state index in [0.717, 1.165) is 37.3 Å². The number of hydrogen-bond donors (Lipinski definition) is 0. The fraction of sp³-hybridized carbons (Fsp3) is 0.400. The Morgan fingerprint density at radius 3 is 2.42 bits per heavy atom. The molecule has 0 heterocycles. The number of benzene rings is 1. The summed E-state index contributed by atoms with van der Waals surface area (Å²) in [5.74, 6) is -2.14. The predicted octanol–water partition coefficient (Wildman–Crippen LogP) is 4.62. The normalized spacial score (nSPS) is 24.0. The van der Waals surface area contributed by atoms with Crippen molar-refractivity contribution in [2.75, 3.05) is 0 Å². The lowest BCUT2D eigenvalue weighted by atomic mass is 9.78. The second-order valence-corrected chi connectivity index (χ2v) is 4.91. The molecule has 0 aliphatic heterocycles. The van der Waals surface area contributed by atoms with Crippen molar-refractivity contribution in [3.63, 3.8) is 0 Å². The van der Waals surface area contributed by atoms with Gasteiger partial charge in [0.2, 0.25) is 0 Å². The molecule has 1 aliphatic rings. The average Bonchev–Trinajstić information content (AvgIpc) is 2.42. The lowest BCUT2D eigenvalue weighted by Crippen LogP contribution is -2.12. The number of allylic oxidation sites excluding steroid dienone is 2. The van der Waals surface area contributed by atoms with Gasteiger partial charge < -0.3 is 0 Å². The van der Waals surface area contributed by atoms with Crippen molar-refractivity contribution in [1.82, 2.24) is 0 Å². The van der Waals surface area contributed by atoms with E-state index >= 15 is 0 Å². The van der Waals surface area contributed by atoms with Gasteiger partial charge in [0.15, 0.2) is 17.5 Å². The molecule has 0 radical (unpaired) electrons. The number of hydrogen-bond acceptors (Lipinski definition) is 1. The Morgan fingerprint density at radius 1 is 1.16 bits per heavy atom. The van der Waals surface area contributed by atoms with Crippen LogP contribution in [0.15, 0.2) is 30.1 Å². The van der Waals surface area contributed by atoms with E-state index in [9.17, 15) is 13.2 Å². The van der Waals surface area contributed by atoms with Gasteiger partial charge in [-0.25, -0.2) is 8.78 Å². The van der Waals surface area contributed by atoms with E-state index in [1.807, 2.05) is 0 Å². The van der Waals surface area contributed by atoms with Gasteiger partial charge in [-0.1, -0.05) is 6.07 Å². The molecule has 0 saturated heterocycles. The van der Waals surface area contributed by atoms with Crippen LogP contribution < -0.4 is 0 Å². The largest absolute Gasteiger partial charge is 0.204 e. The van der Waals surface area contributed by atoms with Crippen molar-refractivity contribution >= 4 is 0 Å². The molecule has 0 atom stereocenters. The van der Waals surface area contributed by atoms with Crippen LogP contribution in [0.3, 0.4) is 0 Å². The first-order valence-electron chi connectivity index (χ1n) is 6.32. The first kappa shape index (κ1) is 13.7. The highest BCUT2D eigenvalue weighted by Crippen LogP contribution is 2.37. The molecule has 100 valence electrons. The fourth-order valence-corrected chi connectivity index (χ4v) is 2.63. The number of nitriles is 1. The van der Waals surface area contributed by atoms with Gasteiger partial charge in [0.1, 0.15) is 6.07 Å². The topological polar surface area (TPSA) is 23.8 Å². The molecular weight excluding hydrogens is 251 g/mol. The molecule has 1 nitrogen and oxygen atoms in total. The highest BCUT2D eigenvalue weighted by Gasteiger charge is 2.22. The third kappa shape index (κ3) is 3.37.